The SMILES string of the molecule is COc1ccc(C)cc1CCNC(=O)NC(C)CO. The fourth-order valence-electron chi connectivity index (χ4n) is 1.73. The summed E-state index contributed by atoms with van der Waals surface area (Å²) in [6.45, 7) is 4.21. The number of aliphatic hydroxyl groups excluding tert-OH is 1. The van der Waals surface area contributed by atoms with Crippen molar-refractivity contribution in [3.63, 3.8) is 0 Å². The smallest absolute Gasteiger partial charge is 0.315 e. The van der Waals surface area contributed by atoms with Crippen molar-refractivity contribution in [3.8, 4) is 5.75 Å². The highest BCUT2D eigenvalue weighted by Gasteiger charge is 2.06. The lowest BCUT2D eigenvalue weighted by atomic mass is 10.1. The summed E-state index contributed by atoms with van der Waals surface area (Å²) in [5, 5.41) is 14.2. The van der Waals surface area contributed by atoms with E-state index in [-0.39, 0.29) is 18.7 Å². The quantitative estimate of drug-likeness (QED) is 0.725. The predicted molar refractivity (Wildman–Crippen MR) is 74.5 cm³/mol. The van der Waals surface area contributed by atoms with E-state index in [0.717, 1.165) is 16.9 Å². The maximum Gasteiger partial charge on any atom is 0.315 e. The molecule has 2 amide bonds. The summed E-state index contributed by atoms with van der Waals surface area (Å²) in [5.74, 6) is 0.830. The molecule has 1 atom stereocenters. The molecule has 0 saturated heterocycles. The van der Waals surface area contributed by atoms with Gasteiger partial charge in [-0.2, -0.15) is 0 Å². The second kappa shape index (κ2) is 7.63. The third-order valence-electron chi connectivity index (χ3n) is 2.77. The number of carbonyl (C=O) groups is 1. The van der Waals surface area contributed by atoms with Crippen LogP contribution in [0.25, 0.3) is 0 Å². The lowest BCUT2D eigenvalue weighted by molar-refractivity contribution is 0.220. The van der Waals surface area contributed by atoms with Crippen LogP contribution in [0.15, 0.2) is 18.2 Å². The zero-order valence-electron chi connectivity index (χ0n) is 11.7. The molecular formula is C14H22N2O3. The van der Waals surface area contributed by atoms with Crippen LogP contribution in [0, 0.1) is 6.92 Å². The first-order chi connectivity index (χ1) is 9.06. The highest BCUT2D eigenvalue weighted by molar-refractivity contribution is 5.74. The van der Waals surface area contributed by atoms with Crippen molar-refractivity contribution < 1.29 is 14.6 Å². The number of hydrogen-bond donors (Lipinski definition) is 3. The van der Waals surface area contributed by atoms with Crippen molar-refractivity contribution in [1.29, 1.82) is 0 Å². The van der Waals surface area contributed by atoms with Crippen molar-refractivity contribution in [1.82, 2.24) is 10.6 Å². The van der Waals surface area contributed by atoms with E-state index < -0.39 is 0 Å². The third kappa shape index (κ3) is 5.18. The van der Waals surface area contributed by atoms with Gasteiger partial charge in [0.25, 0.3) is 0 Å². The van der Waals surface area contributed by atoms with Crippen molar-refractivity contribution in [3.05, 3.63) is 29.3 Å². The van der Waals surface area contributed by atoms with Crippen LogP contribution in [0.1, 0.15) is 18.1 Å². The van der Waals surface area contributed by atoms with E-state index in [0.29, 0.717) is 13.0 Å². The Bertz CT molecular complexity index is 421. The van der Waals surface area contributed by atoms with Crippen LogP contribution in [-0.2, 0) is 6.42 Å². The summed E-state index contributed by atoms with van der Waals surface area (Å²) in [4.78, 5) is 11.5. The molecule has 1 unspecified atom stereocenters. The molecule has 106 valence electrons. The van der Waals surface area contributed by atoms with Crippen LogP contribution >= 0.6 is 0 Å². The topological polar surface area (TPSA) is 70.6 Å². The number of aliphatic hydroxyl groups is 1. The molecule has 0 aliphatic carbocycles. The highest BCUT2D eigenvalue weighted by atomic mass is 16.5. The van der Waals surface area contributed by atoms with Crippen molar-refractivity contribution in [2.75, 3.05) is 20.3 Å². The van der Waals surface area contributed by atoms with E-state index in [1.807, 2.05) is 19.1 Å². The molecule has 0 bridgehead atoms. The molecule has 1 aromatic carbocycles. The molecule has 5 nitrogen and oxygen atoms in total. The fraction of sp³-hybridized carbons (Fsp3) is 0.500. The van der Waals surface area contributed by atoms with Gasteiger partial charge in [-0.15, -0.1) is 0 Å². The van der Waals surface area contributed by atoms with Gasteiger partial charge in [-0.25, -0.2) is 4.79 Å². The Morgan fingerprint density at radius 1 is 1.47 bits per heavy atom. The molecule has 1 rings (SSSR count). The summed E-state index contributed by atoms with van der Waals surface area (Å²) < 4.78 is 5.28. The van der Waals surface area contributed by atoms with Gasteiger partial charge in [-0.1, -0.05) is 17.7 Å². The average Bonchev–Trinajstić information content (AvgIpc) is 2.38. The van der Waals surface area contributed by atoms with Crippen LogP contribution in [-0.4, -0.2) is 37.4 Å². The molecule has 3 N–H and O–H groups in total. The first kappa shape index (κ1) is 15.3. The number of carbonyl (C=O) groups excluding carboxylic acids is 1. The van der Waals surface area contributed by atoms with Gasteiger partial charge in [0.1, 0.15) is 5.75 Å². The van der Waals surface area contributed by atoms with Crippen LogP contribution in [0.2, 0.25) is 0 Å². The molecule has 1 aromatic rings. The zero-order valence-corrected chi connectivity index (χ0v) is 11.7. The number of nitrogens with one attached hydrogen (secondary N) is 2. The van der Waals surface area contributed by atoms with Crippen LogP contribution in [0.4, 0.5) is 4.79 Å². The molecule has 0 aliphatic heterocycles. The normalized spacial score (nSPS) is 11.8. The number of methoxy groups -OCH3 is 1. The summed E-state index contributed by atoms with van der Waals surface area (Å²) in [7, 11) is 1.64. The monoisotopic (exact) mass is 266 g/mol. The van der Waals surface area contributed by atoms with E-state index in [9.17, 15) is 4.79 Å². The van der Waals surface area contributed by atoms with Crippen LogP contribution in [0.5, 0.6) is 5.75 Å². The van der Waals surface area contributed by atoms with E-state index in [2.05, 4.69) is 16.7 Å². The predicted octanol–water partition coefficient (Wildman–Crippen LogP) is 1.23. The van der Waals surface area contributed by atoms with Crippen LogP contribution in [0.3, 0.4) is 0 Å². The Labute approximate surface area is 114 Å². The molecule has 0 fully saturated rings. The average molecular weight is 266 g/mol. The number of benzene rings is 1. The minimum absolute atomic E-state index is 0.0703. The number of urea groups is 1. The Morgan fingerprint density at radius 2 is 2.21 bits per heavy atom. The first-order valence-electron chi connectivity index (χ1n) is 6.35. The van der Waals surface area contributed by atoms with Gasteiger partial charge in [-0.3, -0.25) is 0 Å². The van der Waals surface area contributed by atoms with Gasteiger partial charge in [0.15, 0.2) is 0 Å². The molecule has 0 saturated carbocycles. The third-order valence-corrected chi connectivity index (χ3v) is 2.77. The lowest BCUT2D eigenvalue weighted by Gasteiger charge is -2.13. The van der Waals surface area contributed by atoms with E-state index >= 15 is 0 Å². The maximum absolute atomic E-state index is 11.5. The summed E-state index contributed by atoms with van der Waals surface area (Å²) >= 11 is 0. The summed E-state index contributed by atoms with van der Waals surface area (Å²) in [6.07, 6.45) is 0.700. The van der Waals surface area contributed by atoms with Gasteiger partial charge < -0.3 is 20.5 Å². The fourth-order valence-corrected chi connectivity index (χ4v) is 1.73. The largest absolute Gasteiger partial charge is 0.496 e. The Hall–Kier alpha value is -1.75. The van der Waals surface area contributed by atoms with Gasteiger partial charge in [0.05, 0.1) is 19.8 Å². The van der Waals surface area contributed by atoms with Gasteiger partial charge in [0.2, 0.25) is 0 Å². The van der Waals surface area contributed by atoms with Gasteiger partial charge >= 0.3 is 6.03 Å². The molecule has 19 heavy (non-hydrogen) atoms. The zero-order chi connectivity index (χ0) is 14.3. The minimum atomic E-state index is -0.270. The standard InChI is InChI=1S/C14H22N2O3/c1-10-4-5-13(19-3)12(8-10)6-7-15-14(18)16-11(2)9-17/h4-5,8,11,17H,6-7,9H2,1-3H3,(H2,15,16,18). The lowest BCUT2D eigenvalue weighted by Crippen LogP contribution is -2.42. The van der Waals surface area contributed by atoms with Crippen molar-refractivity contribution in [2.24, 2.45) is 0 Å². The second-order valence-electron chi connectivity index (χ2n) is 4.55. The molecule has 0 heterocycles. The van der Waals surface area contributed by atoms with E-state index in [1.54, 1.807) is 14.0 Å². The van der Waals surface area contributed by atoms with Crippen molar-refractivity contribution in [2.45, 2.75) is 26.3 Å². The summed E-state index contributed by atoms with van der Waals surface area (Å²) in [5.41, 5.74) is 2.23. The highest BCUT2D eigenvalue weighted by Crippen LogP contribution is 2.19. The van der Waals surface area contributed by atoms with Crippen LogP contribution < -0.4 is 15.4 Å². The first-order valence-corrected chi connectivity index (χ1v) is 6.35. The Morgan fingerprint density at radius 3 is 2.84 bits per heavy atom. The maximum atomic E-state index is 11.5. The molecule has 0 aromatic heterocycles. The summed E-state index contributed by atoms with van der Waals surface area (Å²) in [6, 6.07) is 5.46. The minimum Gasteiger partial charge on any atom is -0.496 e. The molecule has 0 spiro atoms. The molecule has 5 heteroatoms. The number of ether oxygens (including phenoxy) is 1. The second-order valence-corrected chi connectivity index (χ2v) is 4.55. The Kier molecular flexibility index (Phi) is 6.15. The van der Waals surface area contributed by atoms with E-state index in [4.69, 9.17) is 9.84 Å². The molecule has 0 radical (unpaired) electrons. The molecule has 0 aliphatic rings. The number of rotatable bonds is 6. The number of aryl methyl sites for hydroxylation is 1. The van der Waals surface area contributed by atoms with Gasteiger partial charge in [-0.05, 0) is 31.9 Å². The van der Waals surface area contributed by atoms with E-state index in [1.165, 1.54) is 0 Å². The van der Waals surface area contributed by atoms with Crippen molar-refractivity contribution >= 4 is 6.03 Å². The Balaban J connectivity index is 2.44. The number of hydrogen-bond acceptors (Lipinski definition) is 3. The number of amides is 2. The molecular weight excluding hydrogens is 244 g/mol. The van der Waals surface area contributed by atoms with Gasteiger partial charge in [0, 0.05) is 6.54 Å².